The van der Waals surface area contributed by atoms with E-state index >= 15 is 0 Å². The number of furan rings is 1. The second-order valence-corrected chi connectivity index (χ2v) is 6.33. The Morgan fingerprint density at radius 1 is 1.11 bits per heavy atom. The SMILES string of the molecule is COc1cccc2cc(C=CC(=O)c3cccc(OCC(=O)N(C)C)c3)oc12. The van der Waals surface area contributed by atoms with Gasteiger partial charge in [0.25, 0.3) is 5.91 Å². The van der Waals surface area contributed by atoms with Crippen LogP contribution in [0, 0.1) is 0 Å². The third-order valence-electron chi connectivity index (χ3n) is 4.13. The average Bonchev–Trinajstić information content (AvgIpc) is 3.13. The predicted molar refractivity (Wildman–Crippen MR) is 107 cm³/mol. The maximum atomic E-state index is 12.5. The van der Waals surface area contributed by atoms with Crippen molar-refractivity contribution in [2.45, 2.75) is 0 Å². The molecule has 0 N–H and O–H groups in total. The summed E-state index contributed by atoms with van der Waals surface area (Å²) in [7, 11) is 4.89. The van der Waals surface area contributed by atoms with Crippen molar-refractivity contribution >= 4 is 28.7 Å². The molecule has 0 aliphatic heterocycles. The molecule has 0 saturated carbocycles. The fourth-order valence-electron chi connectivity index (χ4n) is 2.57. The fraction of sp³-hybridized carbons (Fsp3) is 0.182. The van der Waals surface area contributed by atoms with E-state index in [0.29, 0.717) is 28.4 Å². The topological polar surface area (TPSA) is 69.0 Å². The fourth-order valence-corrected chi connectivity index (χ4v) is 2.57. The Kier molecular flexibility index (Phi) is 5.79. The first-order valence-corrected chi connectivity index (χ1v) is 8.70. The van der Waals surface area contributed by atoms with Gasteiger partial charge in [0.05, 0.1) is 7.11 Å². The van der Waals surface area contributed by atoms with Gasteiger partial charge in [0.1, 0.15) is 11.5 Å². The average molecular weight is 379 g/mol. The minimum atomic E-state index is -0.197. The zero-order chi connectivity index (χ0) is 20.1. The third kappa shape index (κ3) is 4.40. The molecule has 1 heterocycles. The van der Waals surface area contributed by atoms with E-state index in [2.05, 4.69) is 0 Å². The number of para-hydroxylation sites is 1. The maximum Gasteiger partial charge on any atom is 0.259 e. The number of ketones is 1. The van der Waals surface area contributed by atoms with Crippen LogP contribution in [0.4, 0.5) is 0 Å². The number of fused-ring (bicyclic) bond motifs is 1. The molecule has 0 aliphatic carbocycles. The van der Waals surface area contributed by atoms with Gasteiger partial charge in [0.2, 0.25) is 0 Å². The Hall–Kier alpha value is -3.54. The van der Waals surface area contributed by atoms with Crippen LogP contribution in [0.3, 0.4) is 0 Å². The Morgan fingerprint density at radius 2 is 1.89 bits per heavy atom. The third-order valence-corrected chi connectivity index (χ3v) is 4.13. The first-order chi connectivity index (χ1) is 13.5. The highest BCUT2D eigenvalue weighted by Gasteiger charge is 2.09. The van der Waals surface area contributed by atoms with E-state index in [-0.39, 0.29) is 18.3 Å². The molecule has 1 amide bonds. The van der Waals surface area contributed by atoms with Crippen molar-refractivity contribution in [3.05, 3.63) is 65.9 Å². The summed E-state index contributed by atoms with van der Waals surface area (Å²) in [5.74, 6) is 1.30. The molecule has 0 bridgehead atoms. The van der Waals surface area contributed by atoms with Gasteiger partial charge < -0.3 is 18.8 Å². The summed E-state index contributed by atoms with van der Waals surface area (Å²) in [6, 6.07) is 14.2. The summed E-state index contributed by atoms with van der Waals surface area (Å²) in [5, 5.41) is 0.896. The first-order valence-electron chi connectivity index (χ1n) is 8.70. The van der Waals surface area contributed by atoms with E-state index < -0.39 is 0 Å². The van der Waals surface area contributed by atoms with Crippen molar-refractivity contribution in [3.8, 4) is 11.5 Å². The quantitative estimate of drug-likeness (QED) is 0.461. The molecule has 0 saturated heterocycles. The van der Waals surface area contributed by atoms with Gasteiger partial charge in [-0.1, -0.05) is 24.3 Å². The highest BCUT2D eigenvalue weighted by molar-refractivity contribution is 6.07. The first kappa shape index (κ1) is 19.2. The van der Waals surface area contributed by atoms with Crippen molar-refractivity contribution in [3.63, 3.8) is 0 Å². The molecule has 6 heteroatoms. The van der Waals surface area contributed by atoms with E-state index in [4.69, 9.17) is 13.9 Å². The van der Waals surface area contributed by atoms with Crippen LogP contribution in [0.2, 0.25) is 0 Å². The highest BCUT2D eigenvalue weighted by Crippen LogP contribution is 2.29. The molecule has 1 aromatic heterocycles. The zero-order valence-corrected chi connectivity index (χ0v) is 16.0. The normalized spacial score (nSPS) is 11.0. The minimum absolute atomic E-state index is 0.0820. The summed E-state index contributed by atoms with van der Waals surface area (Å²) in [4.78, 5) is 25.5. The van der Waals surface area contributed by atoms with Gasteiger partial charge in [-0.2, -0.15) is 0 Å². The van der Waals surface area contributed by atoms with E-state index in [1.54, 1.807) is 51.5 Å². The minimum Gasteiger partial charge on any atom is -0.493 e. The molecular formula is C22H21NO5. The van der Waals surface area contributed by atoms with E-state index in [9.17, 15) is 9.59 Å². The molecule has 2 aromatic carbocycles. The van der Waals surface area contributed by atoms with Crippen LogP contribution >= 0.6 is 0 Å². The largest absolute Gasteiger partial charge is 0.493 e. The van der Waals surface area contributed by atoms with E-state index in [0.717, 1.165) is 5.39 Å². The van der Waals surface area contributed by atoms with Gasteiger partial charge in [0, 0.05) is 25.0 Å². The van der Waals surface area contributed by atoms with Gasteiger partial charge in [-0.25, -0.2) is 0 Å². The molecule has 144 valence electrons. The number of hydrogen-bond acceptors (Lipinski definition) is 5. The number of carbonyl (C=O) groups excluding carboxylic acids is 2. The second kappa shape index (κ2) is 8.43. The molecular weight excluding hydrogens is 358 g/mol. The number of rotatable bonds is 7. The number of benzene rings is 2. The lowest BCUT2D eigenvalue weighted by molar-refractivity contribution is -0.130. The number of methoxy groups -OCH3 is 1. The van der Waals surface area contributed by atoms with Crippen LogP contribution < -0.4 is 9.47 Å². The van der Waals surface area contributed by atoms with Gasteiger partial charge in [0.15, 0.2) is 23.7 Å². The Balaban J connectivity index is 1.72. The van der Waals surface area contributed by atoms with Crippen molar-refractivity contribution in [2.24, 2.45) is 0 Å². The molecule has 3 aromatic rings. The number of hydrogen-bond donors (Lipinski definition) is 0. The van der Waals surface area contributed by atoms with Crippen LogP contribution in [0.25, 0.3) is 17.0 Å². The molecule has 6 nitrogen and oxygen atoms in total. The smallest absolute Gasteiger partial charge is 0.259 e. The van der Waals surface area contributed by atoms with Crippen LogP contribution in [-0.4, -0.2) is 44.4 Å². The number of allylic oxidation sites excluding steroid dienone is 1. The van der Waals surface area contributed by atoms with Gasteiger partial charge in [-0.15, -0.1) is 0 Å². The number of amides is 1. The van der Waals surface area contributed by atoms with Gasteiger partial charge >= 0.3 is 0 Å². The molecule has 0 atom stereocenters. The van der Waals surface area contributed by atoms with Crippen molar-refractivity contribution in [1.82, 2.24) is 4.90 Å². The molecule has 3 rings (SSSR count). The van der Waals surface area contributed by atoms with Crippen molar-refractivity contribution in [1.29, 1.82) is 0 Å². The van der Waals surface area contributed by atoms with Crippen molar-refractivity contribution < 1.29 is 23.5 Å². The Labute approximate surface area is 163 Å². The lowest BCUT2D eigenvalue weighted by Gasteiger charge is -2.11. The number of carbonyl (C=O) groups is 2. The van der Waals surface area contributed by atoms with Crippen molar-refractivity contribution in [2.75, 3.05) is 27.8 Å². The molecule has 0 radical (unpaired) electrons. The van der Waals surface area contributed by atoms with Gasteiger partial charge in [-0.05, 0) is 36.4 Å². The van der Waals surface area contributed by atoms with Crippen LogP contribution in [-0.2, 0) is 4.79 Å². The highest BCUT2D eigenvalue weighted by atomic mass is 16.5. The number of likely N-dealkylation sites (N-methyl/N-ethyl adjacent to an activating group) is 1. The summed E-state index contributed by atoms with van der Waals surface area (Å²) in [6.07, 6.45) is 3.05. The summed E-state index contributed by atoms with van der Waals surface area (Å²) < 4.78 is 16.5. The van der Waals surface area contributed by atoms with Gasteiger partial charge in [-0.3, -0.25) is 9.59 Å². The molecule has 0 unspecified atom stereocenters. The lowest BCUT2D eigenvalue weighted by Crippen LogP contribution is -2.27. The number of nitrogens with zero attached hydrogens (tertiary/aromatic N) is 1. The number of ether oxygens (including phenoxy) is 2. The predicted octanol–water partition coefficient (Wildman–Crippen LogP) is 3.80. The maximum absolute atomic E-state index is 12.5. The zero-order valence-electron chi connectivity index (χ0n) is 16.0. The van der Waals surface area contributed by atoms with E-state index in [1.165, 1.54) is 11.0 Å². The monoisotopic (exact) mass is 379 g/mol. The summed E-state index contributed by atoms with van der Waals surface area (Å²) >= 11 is 0. The lowest BCUT2D eigenvalue weighted by atomic mass is 10.1. The Bertz CT molecular complexity index is 1030. The Morgan fingerprint density at radius 3 is 2.64 bits per heavy atom. The van der Waals surface area contributed by atoms with Crippen LogP contribution in [0.15, 0.2) is 59.0 Å². The molecule has 28 heavy (non-hydrogen) atoms. The standard InChI is InChI=1S/C22H21NO5/c1-23(2)21(25)14-27-17-8-4-6-15(12-17)19(24)11-10-18-13-16-7-5-9-20(26-3)22(16)28-18/h4-13H,14H2,1-3H3. The molecule has 0 aliphatic rings. The molecule has 0 spiro atoms. The molecule has 0 fully saturated rings. The second-order valence-electron chi connectivity index (χ2n) is 6.33. The van der Waals surface area contributed by atoms with Crippen LogP contribution in [0.5, 0.6) is 11.5 Å². The summed E-state index contributed by atoms with van der Waals surface area (Å²) in [5.41, 5.74) is 1.10. The summed E-state index contributed by atoms with van der Waals surface area (Å²) in [6.45, 7) is -0.0820. The van der Waals surface area contributed by atoms with Crippen LogP contribution in [0.1, 0.15) is 16.1 Å². The van der Waals surface area contributed by atoms with E-state index in [1.807, 2.05) is 24.3 Å².